The van der Waals surface area contributed by atoms with Crippen molar-refractivity contribution in [2.24, 2.45) is 11.8 Å². The molecule has 0 radical (unpaired) electrons. The highest BCUT2D eigenvalue weighted by molar-refractivity contribution is 7.10. The standard InChI is InChI=1S/C14H19NO3S/c1-2-9-5-6-19-12(9)8-15-13(16)10-3-4-11(7-10)14(17)18/h5-6,10-11H,2-4,7-8H2,1H3,(H,15,16)(H,17,18)/t10-,11+/m1/s1. The third-order valence-electron chi connectivity index (χ3n) is 3.79. The van der Waals surface area contributed by atoms with E-state index in [0.717, 1.165) is 6.42 Å². The van der Waals surface area contributed by atoms with E-state index in [4.69, 9.17) is 5.11 Å². The Balaban J connectivity index is 1.84. The van der Waals surface area contributed by atoms with Gasteiger partial charge >= 0.3 is 5.97 Å². The van der Waals surface area contributed by atoms with Gasteiger partial charge in [-0.3, -0.25) is 9.59 Å². The summed E-state index contributed by atoms with van der Waals surface area (Å²) in [6, 6.07) is 2.09. The van der Waals surface area contributed by atoms with Crippen molar-refractivity contribution >= 4 is 23.2 Å². The first-order valence-electron chi connectivity index (χ1n) is 6.67. The van der Waals surface area contributed by atoms with E-state index < -0.39 is 5.97 Å². The summed E-state index contributed by atoms with van der Waals surface area (Å²) in [5.74, 6) is -1.25. The van der Waals surface area contributed by atoms with E-state index in [1.54, 1.807) is 11.3 Å². The van der Waals surface area contributed by atoms with Crippen LogP contribution in [0.1, 0.15) is 36.6 Å². The van der Waals surface area contributed by atoms with Gasteiger partial charge in [0.15, 0.2) is 0 Å². The summed E-state index contributed by atoms with van der Waals surface area (Å²) >= 11 is 1.66. The average Bonchev–Trinajstić information content (AvgIpc) is 3.04. The van der Waals surface area contributed by atoms with Crippen molar-refractivity contribution in [1.82, 2.24) is 5.32 Å². The van der Waals surface area contributed by atoms with Crippen LogP contribution in [0.2, 0.25) is 0 Å². The minimum Gasteiger partial charge on any atom is -0.481 e. The second-order valence-electron chi connectivity index (χ2n) is 4.99. The van der Waals surface area contributed by atoms with E-state index in [0.29, 0.717) is 25.8 Å². The molecule has 5 heteroatoms. The third-order valence-corrected chi connectivity index (χ3v) is 4.76. The smallest absolute Gasteiger partial charge is 0.306 e. The number of aliphatic carboxylic acids is 1. The molecule has 2 atom stereocenters. The van der Waals surface area contributed by atoms with Crippen LogP contribution in [0.15, 0.2) is 11.4 Å². The Hall–Kier alpha value is -1.36. The van der Waals surface area contributed by atoms with Gasteiger partial charge in [0.25, 0.3) is 0 Å². The van der Waals surface area contributed by atoms with Gasteiger partial charge in [-0.25, -0.2) is 0 Å². The van der Waals surface area contributed by atoms with Crippen LogP contribution in [0.3, 0.4) is 0 Å². The number of carboxylic acid groups (broad SMARTS) is 1. The van der Waals surface area contributed by atoms with Gasteiger partial charge in [-0.1, -0.05) is 6.92 Å². The molecule has 1 heterocycles. The number of hydrogen-bond acceptors (Lipinski definition) is 3. The molecule has 1 aliphatic rings. The summed E-state index contributed by atoms with van der Waals surface area (Å²) < 4.78 is 0. The van der Waals surface area contributed by atoms with Crippen molar-refractivity contribution in [1.29, 1.82) is 0 Å². The predicted octanol–water partition coefficient (Wildman–Crippen LogP) is 2.43. The molecule has 4 nitrogen and oxygen atoms in total. The number of hydrogen-bond donors (Lipinski definition) is 2. The molecule has 0 bridgehead atoms. The van der Waals surface area contributed by atoms with Gasteiger partial charge in [0.1, 0.15) is 0 Å². The number of carboxylic acids is 1. The third kappa shape index (κ3) is 3.35. The molecule has 1 aromatic rings. The SMILES string of the molecule is CCc1ccsc1CNC(=O)[C@@H]1CC[C@H](C(=O)O)C1. The molecule has 0 unspecified atom stereocenters. The fourth-order valence-electron chi connectivity index (χ4n) is 2.59. The summed E-state index contributed by atoms with van der Waals surface area (Å²) in [5, 5.41) is 13.9. The second kappa shape index (κ2) is 6.19. The zero-order valence-corrected chi connectivity index (χ0v) is 11.8. The lowest BCUT2D eigenvalue weighted by molar-refractivity contribution is -0.141. The molecule has 0 saturated heterocycles. The van der Waals surface area contributed by atoms with Gasteiger partial charge in [-0.15, -0.1) is 11.3 Å². The Morgan fingerprint density at radius 1 is 1.42 bits per heavy atom. The average molecular weight is 281 g/mol. The molecule has 1 fully saturated rings. The first kappa shape index (κ1) is 14.1. The van der Waals surface area contributed by atoms with Gasteiger partial charge in [0, 0.05) is 10.8 Å². The van der Waals surface area contributed by atoms with E-state index in [1.807, 2.05) is 5.38 Å². The minimum absolute atomic E-state index is 0.000738. The Bertz CT molecular complexity index is 469. The highest BCUT2D eigenvalue weighted by Crippen LogP contribution is 2.31. The van der Waals surface area contributed by atoms with E-state index in [-0.39, 0.29) is 17.7 Å². The van der Waals surface area contributed by atoms with Crippen molar-refractivity contribution < 1.29 is 14.7 Å². The van der Waals surface area contributed by atoms with E-state index in [1.165, 1.54) is 10.4 Å². The lowest BCUT2D eigenvalue weighted by atomic mass is 10.0. The molecule has 1 aromatic heterocycles. The van der Waals surface area contributed by atoms with Gasteiger partial charge in [-0.05, 0) is 42.7 Å². The van der Waals surface area contributed by atoms with Crippen LogP contribution in [0.25, 0.3) is 0 Å². The first-order valence-corrected chi connectivity index (χ1v) is 7.55. The summed E-state index contributed by atoms with van der Waals surface area (Å²) in [6.45, 7) is 2.66. The number of aryl methyl sites for hydroxylation is 1. The number of thiophene rings is 1. The Morgan fingerprint density at radius 2 is 2.16 bits per heavy atom. The predicted molar refractivity (Wildman–Crippen MR) is 74.0 cm³/mol. The van der Waals surface area contributed by atoms with Crippen molar-refractivity contribution in [3.63, 3.8) is 0 Å². The second-order valence-corrected chi connectivity index (χ2v) is 5.99. The zero-order valence-electron chi connectivity index (χ0n) is 11.0. The van der Waals surface area contributed by atoms with Gasteiger partial charge < -0.3 is 10.4 Å². The van der Waals surface area contributed by atoms with Crippen molar-refractivity contribution in [3.05, 3.63) is 21.9 Å². The monoisotopic (exact) mass is 281 g/mol. The fourth-order valence-corrected chi connectivity index (χ4v) is 3.51. The first-order chi connectivity index (χ1) is 9.11. The fraction of sp³-hybridized carbons (Fsp3) is 0.571. The van der Waals surface area contributed by atoms with Crippen LogP contribution in [-0.2, 0) is 22.6 Å². The Kier molecular flexibility index (Phi) is 4.58. The maximum Gasteiger partial charge on any atom is 0.306 e. The van der Waals surface area contributed by atoms with Gasteiger partial charge in [0.2, 0.25) is 5.91 Å². The quantitative estimate of drug-likeness (QED) is 0.871. The number of carbonyl (C=O) groups excluding carboxylic acids is 1. The van der Waals surface area contributed by atoms with Gasteiger partial charge in [-0.2, -0.15) is 0 Å². The van der Waals surface area contributed by atoms with Crippen LogP contribution in [0.5, 0.6) is 0 Å². The molecule has 1 amide bonds. The maximum absolute atomic E-state index is 12.0. The molecule has 1 saturated carbocycles. The lowest BCUT2D eigenvalue weighted by Crippen LogP contribution is -2.29. The number of carbonyl (C=O) groups is 2. The molecule has 1 aliphatic carbocycles. The molecule has 2 N–H and O–H groups in total. The molecular formula is C14H19NO3S. The summed E-state index contributed by atoms with van der Waals surface area (Å²) in [6.07, 6.45) is 2.76. The summed E-state index contributed by atoms with van der Waals surface area (Å²) in [4.78, 5) is 24.1. The van der Waals surface area contributed by atoms with Crippen LogP contribution in [-0.4, -0.2) is 17.0 Å². The largest absolute Gasteiger partial charge is 0.481 e. The molecular weight excluding hydrogens is 262 g/mol. The maximum atomic E-state index is 12.0. The van der Waals surface area contributed by atoms with E-state index >= 15 is 0 Å². The molecule has 0 spiro atoms. The number of nitrogens with one attached hydrogen (secondary N) is 1. The van der Waals surface area contributed by atoms with Crippen LogP contribution in [0, 0.1) is 11.8 Å². The molecule has 2 rings (SSSR count). The highest BCUT2D eigenvalue weighted by Gasteiger charge is 2.33. The molecule has 104 valence electrons. The Morgan fingerprint density at radius 3 is 2.79 bits per heavy atom. The topological polar surface area (TPSA) is 66.4 Å². The number of amides is 1. The van der Waals surface area contributed by atoms with Crippen LogP contribution >= 0.6 is 11.3 Å². The summed E-state index contributed by atoms with van der Waals surface area (Å²) in [7, 11) is 0. The highest BCUT2D eigenvalue weighted by atomic mass is 32.1. The van der Waals surface area contributed by atoms with E-state index in [2.05, 4.69) is 18.3 Å². The molecule has 0 aliphatic heterocycles. The van der Waals surface area contributed by atoms with Gasteiger partial charge in [0.05, 0.1) is 12.5 Å². The van der Waals surface area contributed by atoms with E-state index in [9.17, 15) is 9.59 Å². The lowest BCUT2D eigenvalue weighted by Gasteiger charge is -2.10. The molecule has 0 aromatic carbocycles. The molecule has 19 heavy (non-hydrogen) atoms. The van der Waals surface area contributed by atoms with Crippen molar-refractivity contribution in [2.75, 3.05) is 0 Å². The van der Waals surface area contributed by atoms with Crippen LogP contribution in [0.4, 0.5) is 0 Å². The van der Waals surface area contributed by atoms with Crippen molar-refractivity contribution in [3.8, 4) is 0 Å². The number of rotatable bonds is 5. The van der Waals surface area contributed by atoms with Crippen molar-refractivity contribution in [2.45, 2.75) is 39.2 Å². The zero-order chi connectivity index (χ0) is 13.8. The summed E-state index contributed by atoms with van der Waals surface area (Å²) in [5.41, 5.74) is 1.28. The Labute approximate surface area is 116 Å². The van der Waals surface area contributed by atoms with Crippen LogP contribution < -0.4 is 5.32 Å². The minimum atomic E-state index is -0.776. The normalized spacial score (nSPS) is 22.4.